The molecule has 2 amide bonds. The molecular formula is C16H17ClFN3O3. The number of benzene rings is 1. The zero-order valence-corrected chi connectivity index (χ0v) is 13.8. The molecule has 0 aliphatic carbocycles. The number of morpholine rings is 1. The SMILES string of the molecule is Cc1cc(CNC(=O)N2CCOC(c3c(F)cccc3Cl)C2)on1. The van der Waals surface area contributed by atoms with E-state index in [2.05, 4.69) is 10.5 Å². The lowest BCUT2D eigenvalue weighted by atomic mass is 10.1. The zero-order valence-electron chi connectivity index (χ0n) is 13.1. The predicted octanol–water partition coefficient (Wildman–Crippen LogP) is 3.06. The van der Waals surface area contributed by atoms with Crippen molar-refractivity contribution in [2.24, 2.45) is 0 Å². The maximum atomic E-state index is 14.0. The average Bonchev–Trinajstić information content (AvgIpc) is 2.98. The Morgan fingerprint density at radius 2 is 2.38 bits per heavy atom. The third kappa shape index (κ3) is 3.68. The Morgan fingerprint density at radius 3 is 3.08 bits per heavy atom. The predicted molar refractivity (Wildman–Crippen MR) is 85.2 cm³/mol. The third-order valence-electron chi connectivity index (χ3n) is 3.77. The molecule has 1 aliphatic heterocycles. The summed E-state index contributed by atoms with van der Waals surface area (Å²) in [6.07, 6.45) is -0.592. The number of nitrogens with zero attached hydrogens (tertiary/aromatic N) is 2. The summed E-state index contributed by atoms with van der Waals surface area (Å²) in [4.78, 5) is 13.9. The molecule has 1 fully saturated rings. The minimum absolute atomic E-state index is 0.224. The fourth-order valence-corrected chi connectivity index (χ4v) is 2.89. The first-order valence-corrected chi connectivity index (χ1v) is 7.93. The van der Waals surface area contributed by atoms with Crippen LogP contribution < -0.4 is 5.32 Å². The van der Waals surface area contributed by atoms with Crippen molar-refractivity contribution in [1.82, 2.24) is 15.4 Å². The summed E-state index contributed by atoms with van der Waals surface area (Å²) in [6.45, 7) is 3.00. The number of rotatable bonds is 3. The van der Waals surface area contributed by atoms with Gasteiger partial charge in [-0.3, -0.25) is 0 Å². The summed E-state index contributed by atoms with van der Waals surface area (Å²) in [5, 5.41) is 6.81. The smallest absolute Gasteiger partial charge is 0.317 e. The van der Waals surface area contributed by atoms with Crippen LogP contribution in [0.4, 0.5) is 9.18 Å². The lowest BCUT2D eigenvalue weighted by molar-refractivity contribution is -0.0171. The van der Waals surface area contributed by atoms with E-state index in [1.807, 2.05) is 0 Å². The molecule has 1 atom stereocenters. The number of hydrogen-bond acceptors (Lipinski definition) is 4. The number of carbonyl (C=O) groups excluding carboxylic acids is 1. The standard InChI is InChI=1S/C16H17ClFN3O3/c1-10-7-11(24-20-10)8-19-16(22)21-5-6-23-14(9-21)15-12(17)3-2-4-13(15)18/h2-4,7,14H,5-6,8-9H2,1H3,(H,19,22). The van der Waals surface area contributed by atoms with E-state index in [0.717, 1.165) is 5.69 Å². The van der Waals surface area contributed by atoms with E-state index in [9.17, 15) is 9.18 Å². The minimum atomic E-state index is -0.592. The van der Waals surface area contributed by atoms with Crippen LogP contribution in [0.15, 0.2) is 28.8 Å². The normalized spacial score (nSPS) is 17.8. The number of urea groups is 1. The van der Waals surface area contributed by atoms with Gasteiger partial charge in [-0.1, -0.05) is 22.8 Å². The van der Waals surface area contributed by atoms with Gasteiger partial charge in [0.05, 0.1) is 25.4 Å². The van der Waals surface area contributed by atoms with Crippen LogP contribution in [-0.4, -0.2) is 35.8 Å². The maximum Gasteiger partial charge on any atom is 0.317 e. The van der Waals surface area contributed by atoms with E-state index in [-0.39, 0.29) is 24.7 Å². The first-order chi connectivity index (χ1) is 11.5. The van der Waals surface area contributed by atoms with Gasteiger partial charge >= 0.3 is 6.03 Å². The van der Waals surface area contributed by atoms with Crippen LogP contribution in [0.3, 0.4) is 0 Å². The largest absolute Gasteiger partial charge is 0.370 e. The molecule has 1 saturated heterocycles. The number of halogens is 2. The summed E-state index contributed by atoms with van der Waals surface area (Å²) in [5.74, 6) is 0.134. The highest BCUT2D eigenvalue weighted by Gasteiger charge is 2.28. The molecule has 1 aliphatic rings. The van der Waals surface area contributed by atoms with Crippen LogP contribution in [0.2, 0.25) is 5.02 Å². The number of ether oxygens (including phenoxy) is 1. The quantitative estimate of drug-likeness (QED) is 0.920. The number of carbonyl (C=O) groups is 1. The van der Waals surface area contributed by atoms with Gasteiger partial charge in [0, 0.05) is 23.2 Å². The second kappa shape index (κ2) is 7.19. The molecular weight excluding hydrogens is 337 g/mol. The van der Waals surface area contributed by atoms with Crippen molar-refractivity contribution in [3.8, 4) is 0 Å². The molecule has 1 unspecified atom stereocenters. The molecule has 24 heavy (non-hydrogen) atoms. The Kier molecular flexibility index (Phi) is 5.01. The fourth-order valence-electron chi connectivity index (χ4n) is 2.60. The second-order valence-corrected chi connectivity index (χ2v) is 5.94. The molecule has 8 heteroatoms. The van der Waals surface area contributed by atoms with Crippen LogP contribution >= 0.6 is 11.6 Å². The van der Waals surface area contributed by atoms with Crippen LogP contribution in [0, 0.1) is 12.7 Å². The minimum Gasteiger partial charge on any atom is -0.370 e. The zero-order chi connectivity index (χ0) is 17.1. The molecule has 1 aromatic heterocycles. The van der Waals surface area contributed by atoms with E-state index in [1.54, 1.807) is 24.0 Å². The van der Waals surface area contributed by atoms with Crippen molar-refractivity contribution in [3.63, 3.8) is 0 Å². The lowest BCUT2D eigenvalue weighted by Crippen LogP contribution is -2.47. The first kappa shape index (κ1) is 16.7. The molecule has 1 aromatic carbocycles. The molecule has 0 bridgehead atoms. The third-order valence-corrected chi connectivity index (χ3v) is 4.10. The van der Waals surface area contributed by atoms with E-state index in [1.165, 1.54) is 12.1 Å². The van der Waals surface area contributed by atoms with Crippen LogP contribution in [0.1, 0.15) is 23.1 Å². The Labute approximate surface area is 143 Å². The van der Waals surface area contributed by atoms with Crippen LogP contribution in [-0.2, 0) is 11.3 Å². The molecule has 2 aromatic rings. The summed E-state index contributed by atoms with van der Waals surface area (Å²) in [6, 6.07) is 5.95. The van der Waals surface area contributed by atoms with Crippen molar-refractivity contribution in [1.29, 1.82) is 0 Å². The van der Waals surface area contributed by atoms with Crippen molar-refractivity contribution in [2.75, 3.05) is 19.7 Å². The Morgan fingerprint density at radius 1 is 1.54 bits per heavy atom. The van der Waals surface area contributed by atoms with E-state index in [4.69, 9.17) is 20.9 Å². The molecule has 2 heterocycles. The van der Waals surface area contributed by atoms with Crippen molar-refractivity contribution in [2.45, 2.75) is 19.6 Å². The monoisotopic (exact) mass is 353 g/mol. The highest BCUT2D eigenvalue weighted by atomic mass is 35.5. The van der Waals surface area contributed by atoms with Crippen molar-refractivity contribution >= 4 is 17.6 Å². The van der Waals surface area contributed by atoms with E-state index in [0.29, 0.717) is 23.9 Å². The van der Waals surface area contributed by atoms with Gasteiger partial charge in [-0.25, -0.2) is 9.18 Å². The summed E-state index contributed by atoms with van der Waals surface area (Å²) >= 11 is 6.08. The summed E-state index contributed by atoms with van der Waals surface area (Å²) < 4.78 is 24.7. The van der Waals surface area contributed by atoms with Gasteiger partial charge in [0.15, 0.2) is 5.76 Å². The molecule has 128 valence electrons. The van der Waals surface area contributed by atoms with Crippen molar-refractivity contribution in [3.05, 3.63) is 52.1 Å². The summed E-state index contributed by atoms with van der Waals surface area (Å²) in [5.41, 5.74) is 1.03. The molecule has 0 radical (unpaired) electrons. The first-order valence-electron chi connectivity index (χ1n) is 7.55. The summed E-state index contributed by atoms with van der Waals surface area (Å²) in [7, 11) is 0. The number of amides is 2. The molecule has 0 spiro atoms. The lowest BCUT2D eigenvalue weighted by Gasteiger charge is -2.33. The maximum absolute atomic E-state index is 14.0. The topological polar surface area (TPSA) is 67.6 Å². The van der Waals surface area contributed by atoms with Crippen LogP contribution in [0.25, 0.3) is 0 Å². The average molecular weight is 354 g/mol. The number of aromatic nitrogens is 1. The van der Waals surface area contributed by atoms with Gasteiger partial charge < -0.3 is 19.5 Å². The highest BCUT2D eigenvalue weighted by Crippen LogP contribution is 2.30. The van der Waals surface area contributed by atoms with Gasteiger partial charge in [0.25, 0.3) is 0 Å². The fraction of sp³-hybridized carbons (Fsp3) is 0.375. The van der Waals surface area contributed by atoms with Gasteiger partial charge in [-0.05, 0) is 19.1 Å². The van der Waals surface area contributed by atoms with Gasteiger partial charge in [0.1, 0.15) is 11.9 Å². The molecule has 1 N–H and O–H groups in total. The highest BCUT2D eigenvalue weighted by molar-refractivity contribution is 6.31. The number of aryl methyl sites for hydroxylation is 1. The van der Waals surface area contributed by atoms with E-state index < -0.39 is 11.9 Å². The Hall–Kier alpha value is -2.12. The number of nitrogens with one attached hydrogen (secondary N) is 1. The van der Waals surface area contributed by atoms with Gasteiger partial charge in [0.2, 0.25) is 0 Å². The van der Waals surface area contributed by atoms with Gasteiger partial charge in [-0.15, -0.1) is 0 Å². The molecule has 6 nitrogen and oxygen atoms in total. The van der Waals surface area contributed by atoms with Crippen molar-refractivity contribution < 1.29 is 18.4 Å². The van der Waals surface area contributed by atoms with Gasteiger partial charge in [-0.2, -0.15) is 0 Å². The van der Waals surface area contributed by atoms with Crippen LogP contribution in [0.5, 0.6) is 0 Å². The molecule has 3 rings (SSSR count). The molecule has 0 saturated carbocycles. The number of hydrogen-bond donors (Lipinski definition) is 1. The Balaban J connectivity index is 1.63. The second-order valence-electron chi connectivity index (χ2n) is 5.53. The Bertz CT molecular complexity index is 717. The van der Waals surface area contributed by atoms with E-state index >= 15 is 0 Å².